The maximum atomic E-state index is 5.60. The van der Waals surface area contributed by atoms with Crippen LogP contribution in [0.2, 0.25) is 0 Å². The Hall–Kier alpha value is -2.10. The molecule has 0 bridgehead atoms. The molecular weight excluding hydrogens is 190 g/mol. The summed E-state index contributed by atoms with van der Waals surface area (Å²) in [4.78, 5) is 8.29. The minimum Gasteiger partial charge on any atom is -0.496 e. The van der Waals surface area contributed by atoms with Gasteiger partial charge in [-0.05, 0) is 18.2 Å². The van der Waals surface area contributed by atoms with Crippen LogP contribution in [0.4, 0.5) is 5.82 Å². The number of aromatic nitrogens is 2. The summed E-state index contributed by atoms with van der Waals surface area (Å²) < 4.78 is 5.22. The lowest BCUT2D eigenvalue weighted by molar-refractivity contribution is 0.416. The summed E-state index contributed by atoms with van der Waals surface area (Å²) in [7, 11) is 1.62. The standard InChI is InChI=1S/C11H11N3O/c1-15-9-5-3-2-4-8(9)11-13-7-6-10(12)14-11/h2-7H,1H3,(H2,12,13,14). The number of nitrogen functional groups attached to an aromatic ring is 1. The summed E-state index contributed by atoms with van der Waals surface area (Å²) in [5, 5.41) is 0. The van der Waals surface area contributed by atoms with Gasteiger partial charge in [0.05, 0.1) is 12.7 Å². The molecule has 0 aliphatic rings. The number of ether oxygens (including phenoxy) is 1. The summed E-state index contributed by atoms with van der Waals surface area (Å²) in [6.45, 7) is 0. The average Bonchev–Trinajstić information content (AvgIpc) is 2.29. The van der Waals surface area contributed by atoms with Crippen LogP contribution in [0, 0.1) is 0 Å². The predicted molar refractivity (Wildman–Crippen MR) is 58.4 cm³/mol. The lowest BCUT2D eigenvalue weighted by atomic mass is 10.2. The second kappa shape index (κ2) is 3.96. The quantitative estimate of drug-likeness (QED) is 0.803. The van der Waals surface area contributed by atoms with E-state index in [1.54, 1.807) is 19.4 Å². The zero-order chi connectivity index (χ0) is 10.7. The predicted octanol–water partition coefficient (Wildman–Crippen LogP) is 1.73. The fourth-order valence-electron chi connectivity index (χ4n) is 1.33. The van der Waals surface area contributed by atoms with Crippen LogP contribution in [0.3, 0.4) is 0 Å². The molecule has 2 N–H and O–H groups in total. The van der Waals surface area contributed by atoms with Crippen molar-refractivity contribution in [2.24, 2.45) is 0 Å². The van der Waals surface area contributed by atoms with Gasteiger partial charge in [-0.2, -0.15) is 0 Å². The molecule has 0 aliphatic heterocycles. The Morgan fingerprint density at radius 3 is 2.73 bits per heavy atom. The highest BCUT2D eigenvalue weighted by atomic mass is 16.5. The van der Waals surface area contributed by atoms with Gasteiger partial charge in [-0.3, -0.25) is 0 Å². The van der Waals surface area contributed by atoms with Crippen LogP contribution in [-0.2, 0) is 0 Å². The number of para-hydroxylation sites is 1. The molecule has 0 unspecified atom stereocenters. The monoisotopic (exact) mass is 201 g/mol. The highest BCUT2D eigenvalue weighted by molar-refractivity contribution is 5.64. The van der Waals surface area contributed by atoms with E-state index in [0.29, 0.717) is 11.6 Å². The fourth-order valence-corrected chi connectivity index (χ4v) is 1.33. The molecule has 15 heavy (non-hydrogen) atoms. The average molecular weight is 201 g/mol. The van der Waals surface area contributed by atoms with Gasteiger partial charge in [-0.15, -0.1) is 0 Å². The van der Waals surface area contributed by atoms with Gasteiger partial charge in [-0.1, -0.05) is 12.1 Å². The topological polar surface area (TPSA) is 61.0 Å². The van der Waals surface area contributed by atoms with Crippen LogP contribution < -0.4 is 10.5 Å². The van der Waals surface area contributed by atoms with Crippen molar-refractivity contribution in [3.8, 4) is 17.1 Å². The molecule has 1 aromatic carbocycles. The Balaban J connectivity index is 2.53. The van der Waals surface area contributed by atoms with Gasteiger partial charge in [0, 0.05) is 6.20 Å². The molecule has 0 radical (unpaired) electrons. The van der Waals surface area contributed by atoms with E-state index in [2.05, 4.69) is 9.97 Å². The second-order valence-electron chi connectivity index (χ2n) is 3.01. The number of nitrogens with two attached hydrogens (primary N) is 1. The molecule has 76 valence electrons. The third-order valence-corrected chi connectivity index (χ3v) is 2.02. The van der Waals surface area contributed by atoms with Crippen molar-refractivity contribution in [2.45, 2.75) is 0 Å². The van der Waals surface area contributed by atoms with E-state index in [9.17, 15) is 0 Å². The molecule has 0 fully saturated rings. The molecule has 1 aromatic heterocycles. The first kappa shape index (κ1) is 9.45. The maximum Gasteiger partial charge on any atom is 0.165 e. The fraction of sp³-hybridized carbons (Fsp3) is 0.0909. The van der Waals surface area contributed by atoms with Crippen LogP contribution in [0.15, 0.2) is 36.5 Å². The van der Waals surface area contributed by atoms with E-state index in [1.165, 1.54) is 0 Å². The van der Waals surface area contributed by atoms with E-state index < -0.39 is 0 Å². The zero-order valence-corrected chi connectivity index (χ0v) is 8.34. The van der Waals surface area contributed by atoms with Crippen molar-refractivity contribution >= 4 is 5.82 Å². The number of methoxy groups -OCH3 is 1. The first-order valence-corrected chi connectivity index (χ1v) is 4.53. The van der Waals surface area contributed by atoms with Crippen molar-refractivity contribution in [2.75, 3.05) is 12.8 Å². The Morgan fingerprint density at radius 1 is 1.20 bits per heavy atom. The van der Waals surface area contributed by atoms with Gasteiger partial charge in [0.25, 0.3) is 0 Å². The second-order valence-corrected chi connectivity index (χ2v) is 3.01. The van der Waals surface area contributed by atoms with Crippen molar-refractivity contribution in [3.05, 3.63) is 36.5 Å². The normalized spacial score (nSPS) is 9.93. The van der Waals surface area contributed by atoms with E-state index in [4.69, 9.17) is 10.5 Å². The minimum absolute atomic E-state index is 0.450. The number of rotatable bonds is 2. The van der Waals surface area contributed by atoms with E-state index >= 15 is 0 Å². The summed E-state index contributed by atoms with van der Waals surface area (Å²) in [6, 6.07) is 9.22. The van der Waals surface area contributed by atoms with Crippen molar-refractivity contribution < 1.29 is 4.74 Å². The molecule has 2 aromatic rings. The molecule has 0 spiro atoms. The number of anilines is 1. The van der Waals surface area contributed by atoms with Crippen LogP contribution in [0.5, 0.6) is 5.75 Å². The van der Waals surface area contributed by atoms with Crippen molar-refractivity contribution in [1.82, 2.24) is 9.97 Å². The van der Waals surface area contributed by atoms with Gasteiger partial charge in [0.2, 0.25) is 0 Å². The van der Waals surface area contributed by atoms with Gasteiger partial charge < -0.3 is 10.5 Å². The van der Waals surface area contributed by atoms with Gasteiger partial charge in [0.1, 0.15) is 11.6 Å². The SMILES string of the molecule is COc1ccccc1-c1nccc(N)n1. The first-order valence-electron chi connectivity index (χ1n) is 4.53. The highest BCUT2D eigenvalue weighted by Crippen LogP contribution is 2.26. The van der Waals surface area contributed by atoms with Crippen LogP contribution >= 0.6 is 0 Å². The highest BCUT2D eigenvalue weighted by Gasteiger charge is 2.06. The summed E-state index contributed by atoms with van der Waals surface area (Å²) in [5.41, 5.74) is 6.44. The molecule has 4 heteroatoms. The molecule has 0 saturated carbocycles. The maximum absolute atomic E-state index is 5.60. The smallest absolute Gasteiger partial charge is 0.165 e. The third-order valence-electron chi connectivity index (χ3n) is 2.02. The molecule has 4 nitrogen and oxygen atoms in total. The lowest BCUT2D eigenvalue weighted by Gasteiger charge is -2.06. The Labute approximate surface area is 87.7 Å². The number of hydrogen-bond donors (Lipinski definition) is 1. The first-order chi connectivity index (χ1) is 7.31. The van der Waals surface area contributed by atoms with Crippen LogP contribution in [0.1, 0.15) is 0 Å². The Kier molecular flexibility index (Phi) is 2.49. The number of benzene rings is 1. The lowest BCUT2D eigenvalue weighted by Crippen LogP contribution is -1.96. The van der Waals surface area contributed by atoms with Gasteiger partial charge in [0.15, 0.2) is 5.82 Å². The summed E-state index contributed by atoms with van der Waals surface area (Å²) >= 11 is 0. The molecule has 0 aliphatic carbocycles. The Morgan fingerprint density at radius 2 is 2.00 bits per heavy atom. The third kappa shape index (κ3) is 1.88. The largest absolute Gasteiger partial charge is 0.496 e. The molecule has 0 saturated heterocycles. The van der Waals surface area contributed by atoms with Crippen molar-refractivity contribution in [1.29, 1.82) is 0 Å². The molecule has 1 heterocycles. The molecular formula is C11H11N3O. The van der Waals surface area contributed by atoms with Gasteiger partial charge in [-0.25, -0.2) is 9.97 Å². The number of nitrogens with zero attached hydrogens (tertiary/aromatic N) is 2. The minimum atomic E-state index is 0.450. The zero-order valence-electron chi connectivity index (χ0n) is 8.34. The van der Waals surface area contributed by atoms with Crippen LogP contribution in [0.25, 0.3) is 11.4 Å². The van der Waals surface area contributed by atoms with Crippen LogP contribution in [-0.4, -0.2) is 17.1 Å². The summed E-state index contributed by atoms with van der Waals surface area (Å²) in [6.07, 6.45) is 1.63. The Bertz CT molecular complexity index is 471. The summed E-state index contributed by atoms with van der Waals surface area (Å²) in [5.74, 6) is 1.77. The van der Waals surface area contributed by atoms with E-state index in [0.717, 1.165) is 11.3 Å². The molecule has 0 amide bonds. The van der Waals surface area contributed by atoms with E-state index in [1.807, 2.05) is 24.3 Å². The molecule has 0 atom stereocenters. The van der Waals surface area contributed by atoms with E-state index in [-0.39, 0.29) is 0 Å². The van der Waals surface area contributed by atoms with Crippen molar-refractivity contribution in [3.63, 3.8) is 0 Å². The van der Waals surface area contributed by atoms with Gasteiger partial charge >= 0.3 is 0 Å². The number of hydrogen-bond acceptors (Lipinski definition) is 4. The molecule has 2 rings (SSSR count).